The van der Waals surface area contributed by atoms with Crippen molar-refractivity contribution in [2.75, 3.05) is 7.05 Å². The van der Waals surface area contributed by atoms with Crippen LogP contribution in [0.4, 0.5) is 0 Å². The molecule has 0 fully saturated rings. The van der Waals surface area contributed by atoms with Crippen molar-refractivity contribution in [3.63, 3.8) is 0 Å². The molecule has 1 aromatic heterocycles. The molecule has 3 aromatic rings. The van der Waals surface area contributed by atoms with Gasteiger partial charge in [-0.05, 0) is 36.4 Å². The van der Waals surface area contributed by atoms with E-state index in [1.54, 1.807) is 36.4 Å². The zero-order valence-corrected chi connectivity index (χ0v) is 14.5. The zero-order chi connectivity index (χ0) is 17.6. The molecule has 0 N–H and O–H groups in total. The molecule has 1 heterocycles. The van der Waals surface area contributed by atoms with Gasteiger partial charge >= 0.3 is 0 Å². The maximum absolute atomic E-state index is 12.8. The summed E-state index contributed by atoms with van der Waals surface area (Å²) in [6.07, 6.45) is 1.59. The van der Waals surface area contributed by atoms with Gasteiger partial charge in [-0.15, -0.1) is 0 Å². The molecule has 1 amide bonds. The average Bonchev–Trinajstić information content (AvgIpc) is 3.15. The second kappa shape index (κ2) is 7.73. The van der Waals surface area contributed by atoms with Crippen LogP contribution in [0.25, 0.3) is 0 Å². The van der Waals surface area contributed by atoms with Gasteiger partial charge < -0.3 is 9.32 Å². The highest BCUT2D eigenvalue weighted by atomic mass is 32.2. The van der Waals surface area contributed by atoms with Crippen LogP contribution in [-0.4, -0.2) is 17.9 Å². The third-order valence-corrected chi connectivity index (χ3v) is 4.82. The molecule has 0 aliphatic carbocycles. The molecule has 0 unspecified atom stereocenters. The van der Waals surface area contributed by atoms with E-state index in [-0.39, 0.29) is 5.91 Å². The molecule has 25 heavy (non-hydrogen) atoms. The lowest BCUT2D eigenvalue weighted by atomic mass is 10.2. The highest BCUT2D eigenvalue weighted by Gasteiger charge is 2.18. The molecule has 3 rings (SSSR count). The predicted octanol–water partition coefficient (Wildman–Crippen LogP) is 4.57. The van der Waals surface area contributed by atoms with Crippen LogP contribution in [-0.2, 0) is 6.54 Å². The van der Waals surface area contributed by atoms with Gasteiger partial charge in [-0.1, -0.05) is 36.0 Å². The van der Waals surface area contributed by atoms with Crippen LogP contribution in [0.2, 0.25) is 0 Å². The van der Waals surface area contributed by atoms with Crippen molar-refractivity contribution in [3.8, 4) is 6.07 Å². The van der Waals surface area contributed by atoms with E-state index in [2.05, 4.69) is 6.07 Å². The quantitative estimate of drug-likeness (QED) is 0.677. The van der Waals surface area contributed by atoms with Crippen molar-refractivity contribution in [3.05, 3.63) is 83.8 Å². The van der Waals surface area contributed by atoms with E-state index < -0.39 is 0 Å². The maximum Gasteiger partial charge on any atom is 0.255 e. The van der Waals surface area contributed by atoms with Crippen molar-refractivity contribution in [2.45, 2.75) is 16.3 Å². The molecule has 0 saturated carbocycles. The largest absolute Gasteiger partial charge is 0.467 e. The second-order valence-corrected chi connectivity index (χ2v) is 6.53. The lowest BCUT2D eigenvalue weighted by molar-refractivity contribution is 0.0772. The Balaban J connectivity index is 1.85. The van der Waals surface area contributed by atoms with Crippen LogP contribution in [0.15, 0.2) is 81.1 Å². The van der Waals surface area contributed by atoms with E-state index >= 15 is 0 Å². The Morgan fingerprint density at radius 3 is 2.52 bits per heavy atom. The van der Waals surface area contributed by atoms with Gasteiger partial charge in [-0.25, -0.2) is 0 Å². The number of rotatable bonds is 5. The summed E-state index contributed by atoms with van der Waals surface area (Å²) in [4.78, 5) is 16.1. The fraction of sp³-hybridized carbons (Fsp3) is 0.100. The van der Waals surface area contributed by atoms with Gasteiger partial charge in [0.1, 0.15) is 11.8 Å². The zero-order valence-electron chi connectivity index (χ0n) is 13.7. The molecule has 2 aromatic carbocycles. The second-order valence-electron chi connectivity index (χ2n) is 5.45. The van der Waals surface area contributed by atoms with Crippen LogP contribution < -0.4 is 0 Å². The first-order valence-corrected chi connectivity index (χ1v) is 8.54. The summed E-state index contributed by atoms with van der Waals surface area (Å²) < 4.78 is 5.31. The fourth-order valence-electron chi connectivity index (χ4n) is 2.41. The Morgan fingerprint density at radius 2 is 1.80 bits per heavy atom. The standard InChI is InChI=1S/C20H16N2O2S/c1-22(14-16-8-6-12-24-16)20(23)17-9-3-5-11-19(17)25-18-10-4-2-7-15(18)13-21/h2-12H,14H2,1H3. The summed E-state index contributed by atoms with van der Waals surface area (Å²) in [5.41, 5.74) is 1.20. The highest BCUT2D eigenvalue weighted by Crippen LogP contribution is 2.33. The molecule has 0 atom stereocenters. The Morgan fingerprint density at radius 1 is 1.08 bits per heavy atom. The number of hydrogen-bond acceptors (Lipinski definition) is 4. The minimum atomic E-state index is -0.0889. The molecule has 4 nitrogen and oxygen atoms in total. The number of nitrogens with zero attached hydrogens (tertiary/aromatic N) is 2. The number of furan rings is 1. The highest BCUT2D eigenvalue weighted by molar-refractivity contribution is 7.99. The molecule has 0 bridgehead atoms. The first-order chi connectivity index (χ1) is 12.2. The van der Waals surface area contributed by atoms with Crippen LogP contribution in [0.3, 0.4) is 0 Å². The SMILES string of the molecule is CN(Cc1ccco1)C(=O)c1ccccc1Sc1ccccc1C#N. The normalized spacial score (nSPS) is 10.2. The van der Waals surface area contributed by atoms with Gasteiger partial charge in [0.15, 0.2) is 0 Å². The third kappa shape index (κ3) is 3.93. The van der Waals surface area contributed by atoms with Gasteiger partial charge in [-0.3, -0.25) is 4.79 Å². The number of benzene rings is 2. The van der Waals surface area contributed by atoms with E-state index in [1.165, 1.54) is 11.8 Å². The number of carbonyl (C=O) groups is 1. The summed E-state index contributed by atoms with van der Waals surface area (Å²) in [5, 5.41) is 9.26. The van der Waals surface area contributed by atoms with Gasteiger partial charge in [-0.2, -0.15) is 5.26 Å². The summed E-state index contributed by atoms with van der Waals surface area (Å²) in [6, 6.07) is 20.6. The lowest BCUT2D eigenvalue weighted by Gasteiger charge is -2.18. The molecule has 124 valence electrons. The van der Waals surface area contributed by atoms with Crippen LogP contribution >= 0.6 is 11.8 Å². The van der Waals surface area contributed by atoms with Crippen molar-refractivity contribution >= 4 is 17.7 Å². The molecule has 5 heteroatoms. The van der Waals surface area contributed by atoms with E-state index in [1.807, 2.05) is 42.5 Å². The molecular formula is C20H16N2O2S. The minimum absolute atomic E-state index is 0.0889. The topological polar surface area (TPSA) is 57.2 Å². The van der Waals surface area contributed by atoms with E-state index in [0.717, 1.165) is 15.6 Å². The number of amides is 1. The third-order valence-electron chi connectivity index (χ3n) is 3.66. The first-order valence-electron chi connectivity index (χ1n) is 7.73. The molecular weight excluding hydrogens is 332 g/mol. The van der Waals surface area contributed by atoms with Crippen LogP contribution in [0.5, 0.6) is 0 Å². The molecule has 0 aliphatic heterocycles. The smallest absolute Gasteiger partial charge is 0.255 e. The fourth-order valence-corrected chi connectivity index (χ4v) is 3.43. The molecule has 0 saturated heterocycles. The van der Waals surface area contributed by atoms with Crippen LogP contribution in [0, 0.1) is 11.3 Å². The van der Waals surface area contributed by atoms with Crippen molar-refractivity contribution in [2.24, 2.45) is 0 Å². The number of nitriles is 1. The summed E-state index contributed by atoms with van der Waals surface area (Å²) in [7, 11) is 1.75. The minimum Gasteiger partial charge on any atom is -0.467 e. The Labute approximate surface area is 150 Å². The average molecular weight is 348 g/mol. The first kappa shape index (κ1) is 16.9. The van der Waals surface area contributed by atoms with Crippen molar-refractivity contribution in [1.82, 2.24) is 4.90 Å². The molecule has 0 aliphatic rings. The van der Waals surface area contributed by atoms with Crippen molar-refractivity contribution < 1.29 is 9.21 Å². The predicted molar refractivity (Wildman–Crippen MR) is 96.2 cm³/mol. The summed E-state index contributed by atoms with van der Waals surface area (Å²) in [5.74, 6) is 0.643. The summed E-state index contributed by atoms with van der Waals surface area (Å²) in [6.45, 7) is 0.402. The van der Waals surface area contributed by atoms with Gasteiger partial charge in [0.05, 0.1) is 23.9 Å². The maximum atomic E-state index is 12.8. The van der Waals surface area contributed by atoms with E-state index in [9.17, 15) is 10.1 Å². The molecule has 0 radical (unpaired) electrons. The number of carbonyl (C=O) groups excluding carboxylic acids is 1. The summed E-state index contributed by atoms with van der Waals surface area (Å²) >= 11 is 1.43. The Hall–Kier alpha value is -2.97. The molecule has 0 spiro atoms. The van der Waals surface area contributed by atoms with Gasteiger partial charge in [0, 0.05) is 16.8 Å². The monoisotopic (exact) mass is 348 g/mol. The van der Waals surface area contributed by atoms with E-state index in [0.29, 0.717) is 17.7 Å². The van der Waals surface area contributed by atoms with Crippen molar-refractivity contribution in [1.29, 1.82) is 5.26 Å². The van der Waals surface area contributed by atoms with E-state index in [4.69, 9.17) is 4.42 Å². The van der Waals surface area contributed by atoms with Crippen LogP contribution in [0.1, 0.15) is 21.7 Å². The number of hydrogen-bond donors (Lipinski definition) is 0. The Kier molecular flexibility index (Phi) is 5.22. The van der Waals surface area contributed by atoms with Gasteiger partial charge in [0.25, 0.3) is 5.91 Å². The lowest BCUT2D eigenvalue weighted by Crippen LogP contribution is -2.26. The Bertz CT molecular complexity index is 913. The van der Waals surface area contributed by atoms with Gasteiger partial charge in [0.2, 0.25) is 0 Å².